The van der Waals surface area contributed by atoms with Gasteiger partial charge in [0.05, 0.1) is 16.8 Å². The first-order valence-corrected chi connectivity index (χ1v) is 6.09. The minimum absolute atomic E-state index is 0.0522. The van der Waals surface area contributed by atoms with Crippen LogP contribution in [0.3, 0.4) is 0 Å². The number of carbonyl (C=O) groups is 2. The number of hydrogen-bond acceptors (Lipinski definition) is 3. The third kappa shape index (κ3) is 4.75. The zero-order chi connectivity index (χ0) is 16.2. The summed E-state index contributed by atoms with van der Waals surface area (Å²) >= 11 is 0. The first-order valence-electron chi connectivity index (χ1n) is 6.09. The van der Waals surface area contributed by atoms with E-state index in [1.54, 1.807) is 6.92 Å². The van der Waals surface area contributed by atoms with Gasteiger partial charge < -0.3 is 16.2 Å². The molecule has 0 spiro atoms. The maximum Gasteiger partial charge on any atom is 0.416 e. The molecule has 1 atom stereocenters. The number of nitrogens with two attached hydrogens (primary N) is 1. The van der Waals surface area contributed by atoms with Crippen LogP contribution in [0.5, 0.6) is 0 Å². The molecule has 1 rings (SSSR count). The van der Waals surface area contributed by atoms with Crippen LogP contribution in [0.25, 0.3) is 0 Å². The minimum Gasteiger partial charge on any atom is -0.478 e. The number of hydrogen-bond donors (Lipinski definition) is 3. The smallest absolute Gasteiger partial charge is 0.416 e. The summed E-state index contributed by atoms with van der Waals surface area (Å²) in [5.41, 5.74) is 3.48. The molecule has 116 valence electrons. The highest BCUT2D eigenvalue weighted by molar-refractivity contribution is 6.00. The molecular formula is C13H15F3N2O3. The van der Waals surface area contributed by atoms with Crippen LogP contribution >= 0.6 is 0 Å². The number of amides is 1. The van der Waals surface area contributed by atoms with Crippen LogP contribution in [-0.2, 0) is 11.0 Å². The van der Waals surface area contributed by atoms with Gasteiger partial charge in [-0.25, -0.2) is 4.79 Å². The molecule has 0 aromatic heterocycles. The number of alkyl halides is 3. The number of benzene rings is 1. The molecule has 1 unspecified atom stereocenters. The van der Waals surface area contributed by atoms with Gasteiger partial charge in [0, 0.05) is 6.42 Å². The van der Waals surface area contributed by atoms with Gasteiger partial charge in [-0.3, -0.25) is 4.79 Å². The second-order valence-electron chi connectivity index (χ2n) is 4.66. The fourth-order valence-electron chi connectivity index (χ4n) is 1.61. The highest BCUT2D eigenvalue weighted by Crippen LogP contribution is 2.32. The standard InChI is InChI=1S/C13H15F3N2O3/c1-7(6-17)4-11(19)18-10-3-2-8(13(14,15)16)5-9(10)12(20)21/h2-3,5,7H,4,6,17H2,1H3,(H,18,19)(H,20,21). The zero-order valence-electron chi connectivity index (χ0n) is 11.2. The first kappa shape index (κ1) is 17.0. The second-order valence-corrected chi connectivity index (χ2v) is 4.66. The van der Waals surface area contributed by atoms with E-state index in [4.69, 9.17) is 10.8 Å². The molecule has 0 bridgehead atoms. The van der Waals surface area contributed by atoms with Gasteiger partial charge in [-0.2, -0.15) is 13.2 Å². The quantitative estimate of drug-likeness (QED) is 0.778. The number of aromatic carboxylic acids is 1. The molecule has 1 aromatic rings. The van der Waals surface area contributed by atoms with Crippen molar-refractivity contribution in [1.29, 1.82) is 0 Å². The number of carboxylic acids is 1. The summed E-state index contributed by atoms with van der Waals surface area (Å²) in [6.07, 6.45) is -4.60. The van der Waals surface area contributed by atoms with E-state index >= 15 is 0 Å². The van der Waals surface area contributed by atoms with Crippen molar-refractivity contribution < 1.29 is 27.9 Å². The lowest BCUT2D eigenvalue weighted by Gasteiger charge is -2.13. The van der Waals surface area contributed by atoms with E-state index in [-0.39, 0.29) is 24.6 Å². The van der Waals surface area contributed by atoms with Gasteiger partial charge in [0.2, 0.25) is 5.91 Å². The molecule has 0 saturated carbocycles. The van der Waals surface area contributed by atoms with Crippen molar-refractivity contribution in [2.45, 2.75) is 19.5 Å². The van der Waals surface area contributed by atoms with Crippen molar-refractivity contribution in [2.24, 2.45) is 11.7 Å². The summed E-state index contributed by atoms with van der Waals surface area (Å²) in [7, 11) is 0. The molecule has 0 aliphatic rings. The second kappa shape index (κ2) is 6.57. The van der Waals surface area contributed by atoms with Crippen molar-refractivity contribution >= 4 is 17.6 Å². The lowest BCUT2D eigenvalue weighted by atomic mass is 10.1. The Morgan fingerprint density at radius 2 is 2.00 bits per heavy atom. The van der Waals surface area contributed by atoms with Crippen LogP contribution in [0.2, 0.25) is 0 Å². The maximum atomic E-state index is 12.5. The van der Waals surface area contributed by atoms with Gasteiger partial charge in [-0.1, -0.05) is 6.92 Å². The van der Waals surface area contributed by atoms with Crippen LogP contribution < -0.4 is 11.1 Å². The molecule has 4 N–H and O–H groups in total. The average Bonchev–Trinajstić information content (AvgIpc) is 2.37. The Labute approximate surface area is 118 Å². The SMILES string of the molecule is CC(CN)CC(=O)Nc1ccc(C(F)(F)F)cc1C(=O)O. The number of anilines is 1. The number of halogens is 3. The number of nitrogens with one attached hydrogen (secondary N) is 1. The van der Waals surface area contributed by atoms with Crippen molar-refractivity contribution in [3.8, 4) is 0 Å². The van der Waals surface area contributed by atoms with Crippen molar-refractivity contribution in [1.82, 2.24) is 0 Å². The molecule has 0 fully saturated rings. The highest BCUT2D eigenvalue weighted by Gasteiger charge is 2.32. The van der Waals surface area contributed by atoms with Crippen LogP contribution in [0.15, 0.2) is 18.2 Å². The Kier molecular flexibility index (Phi) is 5.31. The van der Waals surface area contributed by atoms with Gasteiger partial charge in [0.25, 0.3) is 0 Å². The normalized spacial score (nSPS) is 12.8. The number of rotatable bonds is 5. The third-order valence-electron chi connectivity index (χ3n) is 2.79. The molecule has 0 saturated heterocycles. The predicted molar refractivity (Wildman–Crippen MR) is 69.9 cm³/mol. The Hall–Kier alpha value is -2.09. The van der Waals surface area contributed by atoms with Crippen LogP contribution in [0, 0.1) is 5.92 Å². The average molecular weight is 304 g/mol. The summed E-state index contributed by atoms with van der Waals surface area (Å²) in [6.45, 7) is 2.00. The van der Waals surface area contributed by atoms with Crippen LogP contribution in [0.4, 0.5) is 18.9 Å². The van der Waals surface area contributed by atoms with Gasteiger partial charge in [-0.05, 0) is 30.7 Å². The molecule has 0 aliphatic heterocycles. The monoisotopic (exact) mass is 304 g/mol. The minimum atomic E-state index is -4.65. The van der Waals surface area contributed by atoms with E-state index < -0.39 is 29.2 Å². The topological polar surface area (TPSA) is 92.4 Å². The largest absolute Gasteiger partial charge is 0.478 e. The van der Waals surface area contributed by atoms with E-state index in [1.807, 2.05) is 0 Å². The van der Waals surface area contributed by atoms with Gasteiger partial charge >= 0.3 is 12.1 Å². The predicted octanol–water partition coefficient (Wildman–Crippen LogP) is 2.33. The van der Waals surface area contributed by atoms with Gasteiger partial charge in [0.1, 0.15) is 0 Å². The molecule has 5 nitrogen and oxygen atoms in total. The summed E-state index contributed by atoms with van der Waals surface area (Å²) in [6, 6.07) is 2.13. The molecule has 0 radical (unpaired) electrons. The maximum absolute atomic E-state index is 12.5. The molecule has 1 amide bonds. The molecule has 8 heteroatoms. The highest BCUT2D eigenvalue weighted by atomic mass is 19.4. The van der Waals surface area contributed by atoms with Crippen LogP contribution in [-0.4, -0.2) is 23.5 Å². The molecule has 1 aromatic carbocycles. The summed E-state index contributed by atoms with van der Waals surface area (Å²) in [4.78, 5) is 22.7. The van der Waals surface area contributed by atoms with Crippen molar-refractivity contribution in [3.63, 3.8) is 0 Å². The van der Waals surface area contributed by atoms with Crippen molar-refractivity contribution in [3.05, 3.63) is 29.3 Å². The Bertz CT molecular complexity index is 544. The van der Waals surface area contributed by atoms with Crippen LogP contribution in [0.1, 0.15) is 29.3 Å². The van der Waals surface area contributed by atoms with E-state index in [9.17, 15) is 22.8 Å². The fraction of sp³-hybridized carbons (Fsp3) is 0.385. The lowest BCUT2D eigenvalue weighted by molar-refractivity contribution is -0.137. The lowest BCUT2D eigenvalue weighted by Crippen LogP contribution is -2.21. The molecular weight excluding hydrogens is 289 g/mol. The fourth-order valence-corrected chi connectivity index (χ4v) is 1.61. The molecule has 0 aliphatic carbocycles. The Balaban J connectivity index is 3.02. The zero-order valence-corrected chi connectivity index (χ0v) is 11.2. The molecule has 0 heterocycles. The van der Waals surface area contributed by atoms with Gasteiger partial charge in [0.15, 0.2) is 0 Å². The Morgan fingerprint density at radius 3 is 2.48 bits per heavy atom. The van der Waals surface area contributed by atoms with Gasteiger partial charge in [-0.15, -0.1) is 0 Å². The van der Waals surface area contributed by atoms with E-state index in [0.29, 0.717) is 12.1 Å². The van der Waals surface area contributed by atoms with Crippen molar-refractivity contribution in [2.75, 3.05) is 11.9 Å². The third-order valence-corrected chi connectivity index (χ3v) is 2.79. The molecule has 21 heavy (non-hydrogen) atoms. The summed E-state index contributed by atoms with van der Waals surface area (Å²) < 4.78 is 37.6. The first-order chi connectivity index (χ1) is 9.65. The Morgan fingerprint density at radius 1 is 1.38 bits per heavy atom. The van der Waals surface area contributed by atoms with E-state index in [1.165, 1.54) is 0 Å². The number of carbonyl (C=O) groups excluding carboxylic acids is 1. The number of carboxylic acid groups (broad SMARTS) is 1. The summed E-state index contributed by atoms with van der Waals surface area (Å²) in [5.74, 6) is -2.17. The summed E-state index contributed by atoms with van der Waals surface area (Å²) in [5, 5.41) is 11.3. The van der Waals surface area contributed by atoms with E-state index in [0.717, 1.165) is 6.07 Å². The van der Waals surface area contributed by atoms with E-state index in [2.05, 4.69) is 5.32 Å².